The fourth-order valence-electron chi connectivity index (χ4n) is 2.85. The van der Waals surface area contributed by atoms with Gasteiger partial charge < -0.3 is 5.73 Å². The second-order valence-corrected chi connectivity index (χ2v) is 6.21. The van der Waals surface area contributed by atoms with Crippen molar-refractivity contribution in [1.82, 2.24) is 0 Å². The number of hydrogen-bond donors (Lipinski definition) is 1. The Bertz CT molecular complexity index is 548. The highest BCUT2D eigenvalue weighted by atomic mass is 14.5. The molecule has 2 heteroatoms. The van der Waals surface area contributed by atoms with Crippen molar-refractivity contribution in [3.8, 4) is 0 Å². The zero-order valence-electron chi connectivity index (χ0n) is 13.9. The molecule has 0 radical (unpaired) electrons. The molecule has 0 amide bonds. The molecule has 0 fully saturated rings. The minimum Gasteiger partial charge on any atom is -0.399 e. The standard InChI is InChI=1S/C20H28BN/c1-2-3-4-5-6-7-10-17-13-15-18(16-14-17)21-19-11-8-9-12-20(19)22/h8-9,11-16,21H,2-7,10,22H2,1H3. The maximum absolute atomic E-state index is 6.01. The average Bonchev–Trinajstić information content (AvgIpc) is 2.54. The number of para-hydroxylation sites is 1. The van der Waals surface area contributed by atoms with Crippen LogP contribution >= 0.6 is 0 Å². The molecule has 1 nitrogen and oxygen atoms in total. The Balaban J connectivity index is 1.77. The van der Waals surface area contributed by atoms with Gasteiger partial charge in [-0.2, -0.15) is 0 Å². The van der Waals surface area contributed by atoms with Gasteiger partial charge in [-0.3, -0.25) is 0 Å². The largest absolute Gasteiger partial charge is 0.399 e. The van der Waals surface area contributed by atoms with Gasteiger partial charge in [0.15, 0.2) is 7.28 Å². The third-order valence-corrected chi connectivity index (χ3v) is 4.29. The van der Waals surface area contributed by atoms with Crippen LogP contribution in [-0.4, -0.2) is 7.28 Å². The summed E-state index contributed by atoms with van der Waals surface area (Å²) in [6, 6.07) is 17.2. The number of nitrogens with two attached hydrogens (primary N) is 1. The Hall–Kier alpha value is -1.70. The molecule has 2 aromatic carbocycles. The number of benzene rings is 2. The summed E-state index contributed by atoms with van der Waals surface area (Å²) in [5.74, 6) is 0. The van der Waals surface area contributed by atoms with Crippen LogP contribution in [0.4, 0.5) is 5.69 Å². The summed E-state index contributed by atoms with van der Waals surface area (Å²) in [4.78, 5) is 0. The molecule has 0 saturated carbocycles. The van der Waals surface area contributed by atoms with Gasteiger partial charge >= 0.3 is 0 Å². The summed E-state index contributed by atoms with van der Waals surface area (Å²) in [6.07, 6.45) is 9.38. The molecule has 2 rings (SSSR count). The first-order valence-corrected chi connectivity index (χ1v) is 8.71. The van der Waals surface area contributed by atoms with Crippen LogP contribution in [0.15, 0.2) is 48.5 Å². The van der Waals surface area contributed by atoms with Crippen molar-refractivity contribution in [2.45, 2.75) is 51.9 Å². The van der Waals surface area contributed by atoms with E-state index in [1.165, 1.54) is 61.4 Å². The van der Waals surface area contributed by atoms with Crippen molar-refractivity contribution in [3.63, 3.8) is 0 Å². The highest BCUT2D eigenvalue weighted by molar-refractivity contribution is 6.68. The third-order valence-electron chi connectivity index (χ3n) is 4.29. The van der Waals surface area contributed by atoms with Crippen molar-refractivity contribution >= 4 is 23.9 Å². The Labute approximate surface area is 136 Å². The summed E-state index contributed by atoms with van der Waals surface area (Å²) in [7, 11) is 0.921. The fourth-order valence-corrected chi connectivity index (χ4v) is 2.85. The first-order valence-electron chi connectivity index (χ1n) is 8.71. The van der Waals surface area contributed by atoms with E-state index in [-0.39, 0.29) is 0 Å². The molecule has 0 unspecified atom stereocenters. The minimum absolute atomic E-state index is 0.888. The molecule has 2 aromatic rings. The van der Waals surface area contributed by atoms with Crippen LogP contribution in [0.25, 0.3) is 0 Å². The number of nitrogen functional groups attached to an aromatic ring is 1. The third kappa shape index (κ3) is 5.59. The van der Waals surface area contributed by atoms with Gasteiger partial charge in [-0.15, -0.1) is 0 Å². The van der Waals surface area contributed by atoms with Crippen LogP contribution in [0.1, 0.15) is 51.0 Å². The van der Waals surface area contributed by atoms with Gasteiger partial charge in [0.1, 0.15) is 0 Å². The van der Waals surface area contributed by atoms with Crippen molar-refractivity contribution in [2.75, 3.05) is 5.73 Å². The van der Waals surface area contributed by atoms with Crippen LogP contribution < -0.4 is 16.7 Å². The topological polar surface area (TPSA) is 26.0 Å². The number of anilines is 1. The molecule has 0 heterocycles. The van der Waals surface area contributed by atoms with E-state index in [2.05, 4.69) is 43.3 Å². The smallest absolute Gasteiger partial charge is 0.194 e. The van der Waals surface area contributed by atoms with Crippen LogP contribution in [0, 0.1) is 0 Å². The maximum Gasteiger partial charge on any atom is 0.194 e. The zero-order valence-corrected chi connectivity index (χ0v) is 13.9. The lowest BCUT2D eigenvalue weighted by Gasteiger charge is -2.06. The summed E-state index contributed by atoms with van der Waals surface area (Å²) in [6.45, 7) is 2.27. The molecule has 2 N–H and O–H groups in total. The first-order chi connectivity index (χ1) is 10.8. The van der Waals surface area contributed by atoms with Crippen LogP contribution in [-0.2, 0) is 6.42 Å². The van der Waals surface area contributed by atoms with Gasteiger partial charge in [-0.05, 0) is 24.5 Å². The Morgan fingerprint density at radius 1 is 0.818 bits per heavy atom. The van der Waals surface area contributed by atoms with E-state index in [0.29, 0.717) is 0 Å². The summed E-state index contributed by atoms with van der Waals surface area (Å²) < 4.78 is 0. The van der Waals surface area contributed by atoms with Crippen molar-refractivity contribution in [1.29, 1.82) is 0 Å². The minimum atomic E-state index is 0.888. The van der Waals surface area contributed by atoms with Gasteiger partial charge in [0, 0.05) is 5.69 Å². The molecule has 0 bridgehead atoms. The van der Waals surface area contributed by atoms with Crippen LogP contribution in [0.5, 0.6) is 0 Å². The second kappa shape index (κ2) is 9.35. The monoisotopic (exact) mass is 293 g/mol. The van der Waals surface area contributed by atoms with Crippen molar-refractivity contribution in [2.24, 2.45) is 0 Å². The highest BCUT2D eigenvalue weighted by Gasteiger charge is 2.02. The lowest BCUT2D eigenvalue weighted by atomic mass is 9.63. The normalized spacial score (nSPS) is 10.6. The Morgan fingerprint density at radius 3 is 2.23 bits per heavy atom. The van der Waals surface area contributed by atoms with E-state index in [4.69, 9.17) is 5.73 Å². The highest BCUT2D eigenvalue weighted by Crippen LogP contribution is 2.09. The van der Waals surface area contributed by atoms with E-state index in [0.717, 1.165) is 13.0 Å². The van der Waals surface area contributed by atoms with E-state index in [1.807, 2.05) is 12.1 Å². The molecule has 0 aliphatic rings. The molecule has 0 spiro atoms. The molecule has 0 aliphatic carbocycles. The average molecular weight is 293 g/mol. The van der Waals surface area contributed by atoms with E-state index in [1.54, 1.807) is 0 Å². The number of unbranched alkanes of at least 4 members (excludes halogenated alkanes) is 5. The van der Waals surface area contributed by atoms with E-state index in [9.17, 15) is 0 Å². The van der Waals surface area contributed by atoms with E-state index >= 15 is 0 Å². The molecule has 0 saturated heterocycles. The lowest BCUT2D eigenvalue weighted by Crippen LogP contribution is -2.29. The van der Waals surface area contributed by atoms with Crippen LogP contribution in [0.2, 0.25) is 0 Å². The number of rotatable bonds is 9. The molecular formula is C20H28BN. The molecule has 22 heavy (non-hydrogen) atoms. The summed E-state index contributed by atoms with van der Waals surface area (Å²) in [5.41, 5.74) is 10.9. The number of hydrogen-bond acceptors (Lipinski definition) is 1. The Kier molecular flexibility index (Phi) is 7.08. The quantitative estimate of drug-likeness (QED) is 0.427. The first kappa shape index (κ1) is 16.7. The lowest BCUT2D eigenvalue weighted by molar-refractivity contribution is 0.607. The fraction of sp³-hybridized carbons (Fsp3) is 0.400. The van der Waals surface area contributed by atoms with Crippen LogP contribution in [0.3, 0.4) is 0 Å². The second-order valence-electron chi connectivity index (χ2n) is 6.21. The predicted octanol–water partition coefficient (Wildman–Crippen LogP) is 3.56. The molecule has 0 aromatic heterocycles. The van der Waals surface area contributed by atoms with Gasteiger partial charge in [0.05, 0.1) is 0 Å². The van der Waals surface area contributed by atoms with Crippen molar-refractivity contribution in [3.05, 3.63) is 54.1 Å². The zero-order chi connectivity index (χ0) is 15.6. The van der Waals surface area contributed by atoms with Crippen molar-refractivity contribution < 1.29 is 0 Å². The molecule has 0 atom stereocenters. The molecule has 116 valence electrons. The molecular weight excluding hydrogens is 265 g/mol. The number of aryl methyl sites for hydroxylation is 1. The van der Waals surface area contributed by atoms with Gasteiger partial charge in [0.25, 0.3) is 0 Å². The molecule has 0 aliphatic heterocycles. The Morgan fingerprint density at radius 2 is 1.50 bits per heavy atom. The van der Waals surface area contributed by atoms with Gasteiger partial charge in [-0.25, -0.2) is 0 Å². The maximum atomic E-state index is 6.01. The van der Waals surface area contributed by atoms with Gasteiger partial charge in [-0.1, -0.05) is 92.4 Å². The van der Waals surface area contributed by atoms with E-state index < -0.39 is 0 Å². The summed E-state index contributed by atoms with van der Waals surface area (Å²) in [5, 5.41) is 0. The summed E-state index contributed by atoms with van der Waals surface area (Å²) >= 11 is 0. The van der Waals surface area contributed by atoms with Gasteiger partial charge in [0.2, 0.25) is 0 Å². The SMILES string of the molecule is CCCCCCCCc1ccc(Bc2ccccc2N)cc1. The predicted molar refractivity (Wildman–Crippen MR) is 101 cm³/mol.